The number of benzene rings is 1. The molecule has 3 rings (SSSR count). The van der Waals surface area contributed by atoms with E-state index in [0.29, 0.717) is 0 Å². The summed E-state index contributed by atoms with van der Waals surface area (Å²) in [5.74, 6) is 1.05. The van der Waals surface area contributed by atoms with Gasteiger partial charge < -0.3 is 5.32 Å². The fraction of sp³-hybridized carbons (Fsp3) is 0.286. The summed E-state index contributed by atoms with van der Waals surface area (Å²) in [6.45, 7) is 0.277. The Morgan fingerprint density at radius 3 is 3.16 bits per heavy atom. The third kappa shape index (κ3) is 2.81. The molecule has 1 aromatic carbocycles. The Balaban J connectivity index is 1.69. The molecule has 0 bridgehead atoms. The van der Waals surface area contributed by atoms with Gasteiger partial charge in [0.1, 0.15) is 6.54 Å². The third-order valence-corrected chi connectivity index (χ3v) is 4.28. The van der Waals surface area contributed by atoms with Crippen molar-refractivity contribution in [2.45, 2.75) is 23.9 Å². The Morgan fingerprint density at radius 1 is 1.42 bits per heavy atom. The van der Waals surface area contributed by atoms with Gasteiger partial charge in [0.25, 0.3) is 0 Å². The fourth-order valence-electron chi connectivity index (χ4n) is 2.27. The molecule has 4 nitrogen and oxygen atoms in total. The van der Waals surface area contributed by atoms with Crippen molar-refractivity contribution in [3.05, 3.63) is 48.3 Å². The van der Waals surface area contributed by atoms with Crippen molar-refractivity contribution >= 4 is 17.7 Å². The molecule has 1 amide bonds. The van der Waals surface area contributed by atoms with E-state index in [0.717, 1.165) is 12.2 Å². The lowest BCUT2D eigenvalue weighted by Crippen LogP contribution is -2.33. The van der Waals surface area contributed by atoms with Crippen LogP contribution in [0.3, 0.4) is 0 Å². The highest BCUT2D eigenvalue weighted by Crippen LogP contribution is 2.35. The molecule has 98 valence electrons. The second-order valence-corrected chi connectivity index (χ2v) is 5.64. The second-order valence-electron chi connectivity index (χ2n) is 4.50. The SMILES string of the molecule is O=C(Cn1cccn1)N[C@H]1CCSc2ccccc21. The summed E-state index contributed by atoms with van der Waals surface area (Å²) in [5, 5.41) is 7.15. The van der Waals surface area contributed by atoms with Crippen molar-refractivity contribution < 1.29 is 4.79 Å². The first-order valence-electron chi connectivity index (χ1n) is 6.31. The van der Waals surface area contributed by atoms with E-state index in [9.17, 15) is 4.79 Å². The van der Waals surface area contributed by atoms with E-state index >= 15 is 0 Å². The van der Waals surface area contributed by atoms with Gasteiger partial charge >= 0.3 is 0 Å². The lowest BCUT2D eigenvalue weighted by atomic mass is 10.0. The van der Waals surface area contributed by atoms with Gasteiger partial charge in [-0.1, -0.05) is 18.2 Å². The van der Waals surface area contributed by atoms with Crippen LogP contribution in [0.4, 0.5) is 0 Å². The van der Waals surface area contributed by atoms with Gasteiger partial charge in [-0.05, 0) is 24.1 Å². The fourth-order valence-corrected chi connectivity index (χ4v) is 3.40. The van der Waals surface area contributed by atoms with Gasteiger partial charge in [0.2, 0.25) is 5.91 Å². The van der Waals surface area contributed by atoms with Gasteiger partial charge in [0.05, 0.1) is 6.04 Å². The summed E-state index contributed by atoms with van der Waals surface area (Å²) in [6.07, 6.45) is 4.45. The van der Waals surface area contributed by atoms with Crippen molar-refractivity contribution in [1.82, 2.24) is 15.1 Å². The van der Waals surface area contributed by atoms with E-state index in [1.807, 2.05) is 30.0 Å². The van der Waals surface area contributed by atoms with Gasteiger partial charge in [0.15, 0.2) is 0 Å². The Hall–Kier alpha value is -1.75. The first kappa shape index (κ1) is 12.3. The first-order valence-corrected chi connectivity index (χ1v) is 7.30. The van der Waals surface area contributed by atoms with Crippen LogP contribution in [0.15, 0.2) is 47.6 Å². The minimum atomic E-state index is 0.00963. The van der Waals surface area contributed by atoms with Gasteiger partial charge in [-0.3, -0.25) is 9.48 Å². The molecule has 1 N–H and O–H groups in total. The Morgan fingerprint density at radius 2 is 2.32 bits per heavy atom. The maximum absolute atomic E-state index is 12.0. The predicted molar refractivity (Wildman–Crippen MR) is 74.9 cm³/mol. The lowest BCUT2D eigenvalue weighted by molar-refractivity contribution is -0.122. The summed E-state index contributed by atoms with van der Waals surface area (Å²) >= 11 is 1.86. The molecule has 0 spiro atoms. The predicted octanol–water partition coefficient (Wildman–Crippen LogP) is 2.24. The summed E-state index contributed by atoms with van der Waals surface area (Å²) in [7, 11) is 0. The number of thioether (sulfide) groups is 1. The van der Waals surface area contributed by atoms with Crippen LogP contribution >= 0.6 is 11.8 Å². The molecule has 0 unspecified atom stereocenters. The highest BCUT2D eigenvalue weighted by Gasteiger charge is 2.21. The summed E-state index contributed by atoms with van der Waals surface area (Å²) in [5.41, 5.74) is 1.23. The lowest BCUT2D eigenvalue weighted by Gasteiger charge is -2.25. The Labute approximate surface area is 116 Å². The molecule has 2 heterocycles. The molecule has 19 heavy (non-hydrogen) atoms. The quantitative estimate of drug-likeness (QED) is 0.933. The standard InChI is InChI=1S/C14H15N3OS/c18-14(10-17-8-3-7-15-17)16-12-6-9-19-13-5-2-1-4-11(12)13/h1-5,7-8,12H,6,9-10H2,(H,16,18)/t12-/m0/s1. The number of fused-ring (bicyclic) bond motifs is 1. The molecular weight excluding hydrogens is 258 g/mol. The van der Waals surface area contributed by atoms with Crippen LogP contribution in [0, 0.1) is 0 Å². The number of rotatable bonds is 3. The zero-order valence-electron chi connectivity index (χ0n) is 10.5. The Kier molecular flexibility index (Phi) is 3.55. The Bertz CT molecular complexity index is 568. The normalized spacial score (nSPS) is 17.8. The van der Waals surface area contributed by atoms with Crippen LogP contribution in [-0.2, 0) is 11.3 Å². The van der Waals surface area contributed by atoms with Crippen LogP contribution in [0.2, 0.25) is 0 Å². The molecule has 1 aromatic heterocycles. The largest absolute Gasteiger partial charge is 0.348 e. The van der Waals surface area contributed by atoms with Crippen LogP contribution in [0.1, 0.15) is 18.0 Å². The van der Waals surface area contributed by atoms with E-state index < -0.39 is 0 Å². The van der Waals surface area contributed by atoms with Crippen LogP contribution in [0.25, 0.3) is 0 Å². The van der Waals surface area contributed by atoms with Crippen LogP contribution in [-0.4, -0.2) is 21.4 Å². The molecule has 0 saturated carbocycles. The molecule has 1 aliphatic rings. The van der Waals surface area contributed by atoms with E-state index in [-0.39, 0.29) is 18.5 Å². The monoisotopic (exact) mass is 273 g/mol. The topological polar surface area (TPSA) is 46.9 Å². The zero-order chi connectivity index (χ0) is 13.1. The number of hydrogen-bond donors (Lipinski definition) is 1. The number of hydrogen-bond acceptors (Lipinski definition) is 3. The zero-order valence-corrected chi connectivity index (χ0v) is 11.3. The summed E-state index contributed by atoms with van der Waals surface area (Å²) in [6, 6.07) is 10.2. The molecule has 0 fully saturated rings. The molecule has 5 heteroatoms. The average Bonchev–Trinajstić information content (AvgIpc) is 2.92. The van der Waals surface area contributed by atoms with Gasteiger partial charge in [-0.25, -0.2) is 0 Å². The summed E-state index contributed by atoms with van der Waals surface area (Å²) in [4.78, 5) is 13.3. The van der Waals surface area contributed by atoms with E-state index in [2.05, 4.69) is 22.5 Å². The minimum Gasteiger partial charge on any atom is -0.348 e. The third-order valence-electron chi connectivity index (χ3n) is 3.16. The van der Waals surface area contributed by atoms with E-state index in [1.54, 1.807) is 17.1 Å². The molecule has 0 aliphatic carbocycles. The van der Waals surface area contributed by atoms with Gasteiger partial charge in [-0.15, -0.1) is 11.8 Å². The molecular formula is C14H15N3OS. The number of aromatic nitrogens is 2. The first-order chi connectivity index (χ1) is 9.33. The van der Waals surface area contributed by atoms with Crippen molar-refractivity contribution in [2.24, 2.45) is 0 Å². The van der Waals surface area contributed by atoms with Crippen molar-refractivity contribution in [1.29, 1.82) is 0 Å². The van der Waals surface area contributed by atoms with Crippen molar-refractivity contribution in [2.75, 3.05) is 5.75 Å². The molecule has 1 atom stereocenters. The van der Waals surface area contributed by atoms with Gasteiger partial charge in [0, 0.05) is 23.0 Å². The van der Waals surface area contributed by atoms with E-state index in [1.165, 1.54) is 10.5 Å². The number of amides is 1. The molecule has 0 radical (unpaired) electrons. The maximum atomic E-state index is 12.0. The number of nitrogens with one attached hydrogen (secondary N) is 1. The van der Waals surface area contributed by atoms with Crippen LogP contribution in [0.5, 0.6) is 0 Å². The molecule has 2 aromatic rings. The average molecular weight is 273 g/mol. The maximum Gasteiger partial charge on any atom is 0.242 e. The second kappa shape index (κ2) is 5.48. The number of nitrogens with zero attached hydrogens (tertiary/aromatic N) is 2. The van der Waals surface area contributed by atoms with E-state index in [4.69, 9.17) is 0 Å². The number of carbonyl (C=O) groups excluding carboxylic acids is 1. The highest BCUT2D eigenvalue weighted by molar-refractivity contribution is 7.99. The van der Waals surface area contributed by atoms with Crippen LogP contribution < -0.4 is 5.32 Å². The van der Waals surface area contributed by atoms with Crippen molar-refractivity contribution in [3.63, 3.8) is 0 Å². The summed E-state index contributed by atoms with van der Waals surface area (Å²) < 4.78 is 1.64. The molecule has 1 aliphatic heterocycles. The highest BCUT2D eigenvalue weighted by atomic mass is 32.2. The number of carbonyl (C=O) groups is 1. The minimum absolute atomic E-state index is 0.00963. The van der Waals surface area contributed by atoms with Crippen molar-refractivity contribution in [3.8, 4) is 0 Å². The van der Waals surface area contributed by atoms with Gasteiger partial charge in [-0.2, -0.15) is 5.10 Å². The molecule has 0 saturated heterocycles. The smallest absolute Gasteiger partial charge is 0.242 e.